The molecule has 3 aromatic heterocycles. The Morgan fingerprint density at radius 2 is 0.780 bits per heavy atom. The molecule has 0 bridgehead atoms. The molecule has 0 aliphatic rings. The fraction of sp³-hybridized carbons (Fsp3) is 0. The Bertz CT molecular complexity index is 2850. The minimum Gasteiger partial charge on any atom is -0.456 e. The lowest BCUT2D eigenvalue weighted by Gasteiger charge is -2.10. The number of nitrogens with zero attached hydrogens (tertiary/aromatic N) is 3. The van der Waals surface area contributed by atoms with Crippen LogP contribution in [0.2, 0.25) is 0 Å². The van der Waals surface area contributed by atoms with Crippen molar-refractivity contribution < 1.29 is 8.83 Å². The molecule has 0 atom stereocenters. The smallest absolute Gasteiger partial charge is 0.167 e. The zero-order chi connectivity index (χ0) is 33.0. The summed E-state index contributed by atoms with van der Waals surface area (Å²) < 4.78 is 12.6. The summed E-state index contributed by atoms with van der Waals surface area (Å²) in [5, 5.41) is 4.33. The fourth-order valence-electron chi connectivity index (χ4n) is 6.84. The summed E-state index contributed by atoms with van der Waals surface area (Å²) in [7, 11) is 0. The maximum atomic E-state index is 6.40. The largest absolute Gasteiger partial charge is 0.456 e. The molecule has 0 N–H and O–H groups in total. The summed E-state index contributed by atoms with van der Waals surface area (Å²) in [6, 6.07) is 55.8. The van der Waals surface area contributed by atoms with Crippen molar-refractivity contribution in [3.05, 3.63) is 164 Å². The van der Waals surface area contributed by atoms with Gasteiger partial charge in [-0.3, -0.25) is 0 Å². The highest BCUT2D eigenvalue weighted by molar-refractivity contribution is 6.09. The van der Waals surface area contributed by atoms with E-state index >= 15 is 0 Å². The van der Waals surface area contributed by atoms with E-state index in [1.165, 1.54) is 0 Å². The molecule has 0 amide bonds. The molecule has 234 valence electrons. The molecule has 0 spiro atoms. The lowest BCUT2D eigenvalue weighted by atomic mass is 10.0. The van der Waals surface area contributed by atoms with Crippen LogP contribution in [0.15, 0.2) is 173 Å². The zero-order valence-corrected chi connectivity index (χ0v) is 26.7. The zero-order valence-electron chi connectivity index (χ0n) is 26.7. The number of fused-ring (bicyclic) bond motifs is 6. The Morgan fingerprint density at radius 3 is 1.48 bits per heavy atom. The molecule has 10 rings (SSSR count). The number of hydrogen-bond acceptors (Lipinski definition) is 5. The van der Waals surface area contributed by atoms with E-state index in [9.17, 15) is 0 Å². The Hall–Kier alpha value is -6.85. The topological polar surface area (TPSA) is 65.0 Å². The van der Waals surface area contributed by atoms with Gasteiger partial charge in [0.05, 0.1) is 5.56 Å². The van der Waals surface area contributed by atoms with E-state index in [4.69, 9.17) is 23.8 Å². The lowest BCUT2D eigenvalue weighted by Crippen LogP contribution is -2.00. The van der Waals surface area contributed by atoms with Crippen molar-refractivity contribution in [2.75, 3.05) is 0 Å². The van der Waals surface area contributed by atoms with Crippen LogP contribution in [0.1, 0.15) is 0 Å². The SMILES string of the molecule is c1ccc(-c2ccc(-c3nc(-c4ccc(-c5ccc6c(c5)oc5ccccc56)cc4)nc(-c4cccc5c4oc4ccccc45)n3)cc2)cc1. The average Bonchev–Trinajstić information content (AvgIpc) is 3.76. The maximum Gasteiger partial charge on any atom is 0.167 e. The second kappa shape index (κ2) is 11.4. The first kappa shape index (κ1) is 28.2. The minimum absolute atomic E-state index is 0.557. The highest BCUT2D eigenvalue weighted by atomic mass is 16.3. The molecule has 0 fully saturated rings. The monoisotopic (exact) mass is 641 g/mol. The van der Waals surface area contributed by atoms with E-state index in [2.05, 4.69) is 109 Å². The highest BCUT2D eigenvalue weighted by Gasteiger charge is 2.18. The van der Waals surface area contributed by atoms with E-state index in [-0.39, 0.29) is 0 Å². The molecule has 0 aliphatic heterocycles. The number of benzene rings is 7. The van der Waals surface area contributed by atoms with E-state index in [1.54, 1.807) is 0 Å². The van der Waals surface area contributed by atoms with Gasteiger partial charge in [-0.15, -0.1) is 0 Å². The molecule has 0 unspecified atom stereocenters. The van der Waals surface area contributed by atoms with Crippen LogP contribution in [-0.2, 0) is 0 Å². The fourth-order valence-corrected chi connectivity index (χ4v) is 6.84. The van der Waals surface area contributed by atoms with Crippen LogP contribution in [0.3, 0.4) is 0 Å². The predicted octanol–water partition coefficient (Wildman–Crippen LogP) is 12.0. The lowest BCUT2D eigenvalue weighted by molar-refractivity contribution is 0.669. The Kier molecular flexibility index (Phi) is 6.42. The highest BCUT2D eigenvalue weighted by Crippen LogP contribution is 2.37. The molecule has 7 aromatic carbocycles. The summed E-state index contributed by atoms with van der Waals surface area (Å²) in [5.74, 6) is 1.74. The van der Waals surface area contributed by atoms with Crippen molar-refractivity contribution in [2.45, 2.75) is 0 Å². The van der Waals surface area contributed by atoms with E-state index in [1.807, 2.05) is 54.6 Å². The van der Waals surface area contributed by atoms with Gasteiger partial charge >= 0.3 is 0 Å². The third kappa shape index (κ3) is 4.75. The van der Waals surface area contributed by atoms with Crippen LogP contribution in [0.5, 0.6) is 0 Å². The van der Waals surface area contributed by atoms with Crippen molar-refractivity contribution in [1.29, 1.82) is 0 Å². The van der Waals surface area contributed by atoms with Gasteiger partial charge in [0.2, 0.25) is 0 Å². The molecule has 50 heavy (non-hydrogen) atoms. The number of furan rings is 2. The molecule has 0 aliphatic carbocycles. The van der Waals surface area contributed by atoms with Crippen molar-refractivity contribution in [3.8, 4) is 56.4 Å². The van der Waals surface area contributed by atoms with Gasteiger partial charge in [-0.05, 0) is 52.6 Å². The Balaban J connectivity index is 1.08. The first-order valence-electron chi connectivity index (χ1n) is 16.6. The van der Waals surface area contributed by atoms with Crippen LogP contribution in [-0.4, -0.2) is 15.0 Å². The van der Waals surface area contributed by atoms with Crippen LogP contribution < -0.4 is 0 Å². The molecule has 5 heteroatoms. The number of rotatable bonds is 5. The molecule has 0 saturated heterocycles. The number of aromatic nitrogens is 3. The molecule has 5 nitrogen and oxygen atoms in total. The van der Waals surface area contributed by atoms with Crippen molar-refractivity contribution in [3.63, 3.8) is 0 Å². The Morgan fingerprint density at radius 1 is 0.300 bits per heavy atom. The van der Waals surface area contributed by atoms with E-state index < -0.39 is 0 Å². The standard InChI is InChI=1S/C45H27N3O2/c1-2-9-28(10-3-1)29-17-21-31(22-18-29)43-46-44(48-45(47-43)38-14-8-13-37-35-12-5-7-16-40(35)50-42(37)38)32-23-19-30(20-24-32)33-25-26-36-34-11-4-6-15-39(34)49-41(36)27-33/h1-27H. The predicted molar refractivity (Wildman–Crippen MR) is 202 cm³/mol. The summed E-state index contributed by atoms with van der Waals surface area (Å²) in [6.45, 7) is 0. The van der Waals surface area contributed by atoms with Gasteiger partial charge in [0.25, 0.3) is 0 Å². The quantitative estimate of drug-likeness (QED) is 0.187. The third-order valence-corrected chi connectivity index (χ3v) is 9.39. The van der Waals surface area contributed by atoms with Crippen LogP contribution in [0.25, 0.3) is 100 Å². The van der Waals surface area contributed by atoms with Gasteiger partial charge in [0, 0.05) is 32.7 Å². The summed E-state index contributed by atoms with van der Waals surface area (Å²) >= 11 is 0. The average molecular weight is 642 g/mol. The van der Waals surface area contributed by atoms with Crippen molar-refractivity contribution in [2.24, 2.45) is 0 Å². The minimum atomic E-state index is 0.557. The first-order valence-corrected chi connectivity index (χ1v) is 16.6. The summed E-state index contributed by atoms with van der Waals surface area (Å²) in [5.41, 5.74) is 10.4. The van der Waals surface area contributed by atoms with Gasteiger partial charge in [-0.2, -0.15) is 0 Å². The van der Waals surface area contributed by atoms with Crippen LogP contribution in [0.4, 0.5) is 0 Å². The summed E-state index contributed by atoms with van der Waals surface area (Å²) in [4.78, 5) is 15.1. The van der Waals surface area contributed by atoms with Crippen LogP contribution in [0, 0.1) is 0 Å². The molecular formula is C45H27N3O2. The van der Waals surface area contributed by atoms with E-state index in [0.717, 1.165) is 82.8 Å². The van der Waals surface area contributed by atoms with Gasteiger partial charge in [-0.1, -0.05) is 133 Å². The maximum absolute atomic E-state index is 6.40. The molecule has 0 saturated carbocycles. The van der Waals surface area contributed by atoms with Gasteiger partial charge in [0.15, 0.2) is 17.5 Å². The first-order chi connectivity index (χ1) is 24.7. The van der Waals surface area contributed by atoms with Gasteiger partial charge in [-0.25, -0.2) is 15.0 Å². The molecule has 10 aromatic rings. The van der Waals surface area contributed by atoms with Crippen LogP contribution >= 0.6 is 0 Å². The van der Waals surface area contributed by atoms with E-state index in [0.29, 0.717) is 17.5 Å². The van der Waals surface area contributed by atoms with Crippen molar-refractivity contribution >= 4 is 43.9 Å². The summed E-state index contributed by atoms with van der Waals surface area (Å²) in [6.07, 6.45) is 0. The molecule has 3 heterocycles. The molecular weight excluding hydrogens is 615 g/mol. The number of hydrogen-bond donors (Lipinski definition) is 0. The normalized spacial score (nSPS) is 11.6. The second-order valence-electron chi connectivity index (χ2n) is 12.4. The molecule has 0 radical (unpaired) electrons. The third-order valence-electron chi connectivity index (χ3n) is 9.39. The van der Waals surface area contributed by atoms with Gasteiger partial charge < -0.3 is 8.83 Å². The Labute approximate surface area is 287 Å². The van der Waals surface area contributed by atoms with Gasteiger partial charge in [0.1, 0.15) is 22.3 Å². The number of para-hydroxylation sites is 3. The second-order valence-corrected chi connectivity index (χ2v) is 12.4. The van der Waals surface area contributed by atoms with Crippen molar-refractivity contribution in [1.82, 2.24) is 15.0 Å².